The van der Waals surface area contributed by atoms with Crippen LogP contribution in [0.15, 0.2) is 64.9 Å². The molecule has 10 heteroatoms. The van der Waals surface area contributed by atoms with Crippen molar-refractivity contribution in [3.8, 4) is 28.3 Å². The number of aliphatic imine (C=N–C) groups is 2. The second kappa shape index (κ2) is 19.5. The lowest BCUT2D eigenvalue weighted by Gasteiger charge is -2.17. The Morgan fingerprint density at radius 1 is 1.12 bits per heavy atom. The van der Waals surface area contributed by atoms with Gasteiger partial charge >= 0.3 is 0 Å². The van der Waals surface area contributed by atoms with Gasteiger partial charge in [-0.25, -0.2) is 4.98 Å². The molecule has 0 saturated carbocycles. The number of allylic oxidation sites excluding steroid dienone is 1. The third-order valence-corrected chi connectivity index (χ3v) is 9.44. The smallest absolute Gasteiger partial charge is 0.237 e. The molecule has 1 fully saturated rings. The van der Waals surface area contributed by atoms with E-state index < -0.39 is 0 Å². The zero-order valence-corrected chi connectivity index (χ0v) is 30.9. The maximum absolute atomic E-state index is 7.18. The van der Waals surface area contributed by atoms with Crippen molar-refractivity contribution in [2.24, 2.45) is 15.9 Å². The largest absolute Gasteiger partial charge is 0.480 e. The normalized spacial score (nSPS) is 16.3. The first-order chi connectivity index (χ1) is 23.8. The summed E-state index contributed by atoms with van der Waals surface area (Å²) < 4.78 is 11.0. The molecule has 1 aromatic heterocycles. The summed E-state index contributed by atoms with van der Waals surface area (Å²) in [6.45, 7) is 16.1. The standard InChI is InChI=1S/C39H54ClN7O2/c1-8-12-29(9-2)20-41-19-27(4)43-23-35(45-25-48-6)34-16-11-15-33(38(34)40)31-13-10-14-32(28(31)5)36-24-44-37(39(47-36)49-7)22-42-21-30-18-17-26(3)46-30/h10-11,13-16,23-24,27,29-30,41-42,46H,3,8-9,12,17-22,25H2,1-2,4-7H3/t27?,29-,30-/m0/s1. The van der Waals surface area contributed by atoms with Gasteiger partial charge in [-0.05, 0) is 56.7 Å². The Balaban J connectivity index is 1.54. The van der Waals surface area contributed by atoms with Gasteiger partial charge < -0.3 is 25.4 Å². The predicted molar refractivity (Wildman–Crippen MR) is 204 cm³/mol. The first-order valence-corrected chi connectivity index (χ1v) is 17.9. The Morgan fingerprint density at radius 2 is 1.90 bits per heavy atom. The van der Waals surface area contributed by atoms with Gasteiger partial charge in [-0.3, -0.25) is 15.0 Å². The summed E-state index contributed by atoms with van der Waals surface area (Å²) in [4.78, 5) is 19.1. The van der Waals surface area contributed by atoms with Crippen LogP contribution in [-0.4, -0.2) is 74.6 Å². The molecule has 2 heterocycles. The molecule has 49 heavy (non-hydrogen) atoms. The van der Waals surface area contributed by atoms with Crippen LogP contribution in [0.1, 0.15) is 69.7 Å². The molecule has 4 rings (SSSR count). The SMILES string of the molecule is C=C1CC[C@@H](CNCc2ncc(-c3cccc(-c4cccc(C(C=NC(C)CNC[C@@H](CC)CCC)=NCOC)c4Cl)c3C)nc2OC)N1. The van der Waals surface area contributed by atoms with Crippen molar-refractivity contribution in [2.75, 3.05) is 40.6 Å². The number of hydrogen-bond donors (Lipinski definition) is 3. The average molecular weight is 688 g/mol. The van der Waals surface area contributed by atoms with Gasteiger partial charge in [0, 0.05) is 61.4 Å². The lowest BCUT2D eigenvalue weighted by atomic mass is 9.93. The van der Waals surface area contributed by atoms with Gasteiger partial charge in [0.05, 0.1) is 35.8 Å². The molecule has 2 aromatic carbocycles. The van der Waals surface area contributed by atoms with Crippen LogP contribution in [-0.2, 0) is 11.3 Å². The Bertz CT molecular complexity index is 1590. The molecule has 1 unspecified atom stereocenters. The van der Waals surface area contributed by atoms with Crippen LogP contribution in [0, 0.1) is 12.8 Å². The molecule has 1 aliphatic heterocycles. The number of benzene rings is 2. The molecule has 3 aromatic rings. The van der Waals surface area contributed by atoms with E-state index in [1.165, 1.54) is 19.3 Å². The number of aromatic nitrogens is 2. The highest BCUT2D eigenvalue weighted by Crippen LogP contribution is 2.37. The molecule has 1 aliphatic rings. The summed E-state index contributed by atoms with van der Waals surface area (Å²) in [5.74, 6) is 1.21. The van der Waals surface area contributed by atoms with Gasteiger partial charge in [-0.2, -0.15) is 0 Å². The van der Waals surface area contributed by atoms with Crippen LogP contribution in [0.4, 0.5) is 0 Å². The van der Waals surface area contributed by atoms with Crippen molar-refractivity contribution in [2.45, 2.75) is 78.4 Å². The van der Waals surface area contributed by atoms with E-state index in [1.807, 2.05) is 36.7 Å². The Hall–Kier alpha value is -3.63. The van der Waals surface area contributed by atoms with Gasteiger partial charge in [0.2, 0.25) is 5.88 Å². The number of rotatable bonds is 19. The fourth-order valence-electron chi connectivity index (χ4n) is 6.19. The highest BCUT2D eigenvalue weighted by molar-refractivity contribution is 6.45. The van der Waals surface area contributed by atoms with Crippen LogP contribution in [0.25, 0.3) is 22.4 Å². The number of ether oxygens (including phenoxy) is 2. The molecule has 3 N–H and O–H groups in total. The van der Waals surface area contributed by atoms with E-state index in [2.05, 4.69) is 67.3 Å². The number of nitrogens with one attached hydrogen (secondary N) is 3. The summed E-state index contributed by atoms with van der Waals surface area (Å²) in [5, 5.41) is 11.1. The van der Waals surface area contributed by atoms with Gasteiger partial charge in [0.1, 0.15) is 12.4 Å². The first-order valence-electron chi connectivity index (χ1n) is 17.5. The second-order valence-corrected chi connectivity index (χ2v) is 13.2. The van der Waals surface area contributed by atoms with Gasteiger partial charge in [0.15, 0.2) is 0 Å². The predicted octanol–water partition coefficient (Wildman–Crippen LogP) is 7.40. The second-order valence-electron chi connectivity index (χ2n) is 12.8. The lowest BCUT2D eigenvalue weighted by molar-refractivity contribution is 0.209. The zero-order valence-electron chi connectivity index (χ0n) is 30.1. The molecule has 0 radical (unpaired) electrons. The van der Waals surface area contributed by atoms with E-state index in [-0.39, 0.29) is 12.8 Å². The van der Waals surface area contributed by atoms with Crippen molar-refractivity contribution in [3.63, 3.8) is 0 Å². The minimum atomic E-state index is 0.0813. The number of methoxy groups -OCH3 is 2. The topological polar surface area (TPSA) is 105 Å². The fourth-order valence-corrected chi connectivity index (χ4v) is 6.51. The van der Waals surface area contributed by atoms with Crippen molar-refractivity contribution in [3.05, 3.63) is 76.7 Å². The van der Waals surface area contributed by atoms with Crippen LogP contribution in [0.3, 0.4) is 0 Å². The molecule has 0 spiro atoms. The molecule has 0 aliphatic carbocycles. The van der Waals surface area contributed by atoms with Crippen LogP contribution in [0.2, 0.25) is 5.02 Å². The molecule has 264 valence electrons. The van der Waals surface area contributed by atoms with Crippen LogP contribution < -0.4 is 20.7 Å². The summed E-state index contributed by atoms with van der Waals surface area (Å²) >= 11 is 7.18. The maximum Gasteiger partial charge on any atom is 0.237 e. The van der Waals surface area contributed by atoms with E-state index in [4.69, 9.17) is 36.0 Å². The van der Waals surface area contributed by atoms with E-state index in [0.717, 1.165) is 77.4 Å². The number of hydrogen-bond acceptors (Lipinski definition) is 9. The van der Waals surface area contributed by atoms with Crippen LogP contribution >= 0.6 is 11.6 Å². The van der Waals surface area contributed by atoms with Gasteiger partial charge in [-0.15, -0.1) is 0 Å². The monoisotopic (exact) mass is 687 g/mol. The van der Waals surface area contributed by atoms with Crippen molar-refractivity contribution in [1.29, 1.82) is 0 Å². The third kappa shape index (κ3) is 10.7. The summed E-state index contributed by atoms with van der Waals surface area (Å²) in [7, 11) is 3.26. The Kier molecular flexibility index (Phi) is 15.2. The van der Waals surface area contributed by atoms with Crippen molar-refractivity contribution < 1.29 is 9.47 Å². The molecule has 3 atom stereocenters. The third-order valence-electron chi connectivity index (χ3n) is 9.03. The molecular weight excluding hydrogens is 634 g/mol. The Labute approximate surface area is 298 Å². The minimum Gasteiger partial charge on any atom is -0.480 e. The molecule has 0 amide bonds. The molecule has 0 bridgehead atoms. The summed E-state index contributed by atoms with van der Waals surface area (Å²) in [6.07, 6.45) is 9.38. The van der Waals surface area contributed by atoms with E-state index in [9.17, 15) is 0 Å². The summed E-state index contributed by atoms with van der Waals surface area (Å²) in [6, 6.07) is 12.6. The zero-order chi connectivity index (χ0) is 35.2. The number of halogens is 1. The first kappa shape index (κ1) is 38.2. The maximum atomic E-state index is 7.18. The number of nitrogens with zero attached hydrogens (tertiary/aromatic N) is 4. The highest BCUT2D eigenvalue weighted by atomic mass is 35.5. The van der Waals surface area contributed by atoms with E-state index in [1.54, 1.807) is 14.2 Å². The summed E-state index contributed by atoms with van der Waals surface area (Å²) in [5.41, 5.74) is 7.98. The van der Waals surface area contributed by atoms with Crippen molar-refractivity contribution in [1.82, 2.24) is 25.9 Å². The highest BCUT2D eigenvalue weighted by Gasteiger charge is 2.19. The molecular formula is C39H54ClN7O2. The molecule has 9 nitrogen and oxygen atoms in total. The fraction of sp³-hybridized carbons (Fsp3) is 0.487. The lowest BCUT2D eigenvalue weighted by Crippen LogP contribution is -2.33. The average Bonchev–Trinajstić information content (AvgIpc) is 3.53. The van der Waals surface area contributed by atoms with Crippen LogP contribution in [0.5, 0.6) is 5.88 Å². The van der Waals surface area contributed by atoms with Crippen molar-refractivity contribution >= 4 is 23.5 Å². The Morgan fingerprint density at radius 3 is 2.61 bits per heavy atom. The van der Waals surface area contributed by atoms with E-state index in [0.29, 0.717) is 35.1 Å². The minimum absolute atomic E-state index is 0.0813. The van der Waals surface area contributed by atoms with Gasteiger partial charge in [-0.1, -0.05) is 81.3 Å². The quantitative estimate of drug-likeness (QED) is 0.113. The van der Waals surface area contributed by atoms with E-state index >= 15 is 0 Å². The molecule has 1 saturated heterocycles. The van der Waals surface area contributed by atoms with Gasteiger partial charge in [0.25, 0.3) is 0 Å².